The van der Waals surface area contributed by atoms with Crippen molar-refractivity contribution in [1.29, 1.82) is 0 Å². The molecule has 1 aromatic rings. The Hall–Kier alpha value is -3.11. The lowest BCUT2D eigenvalue weighted by atomic mass is 9.96. The van der Waals surface area contributed by atoms with Crippen LogP contribution in [0.25, 0.3) is 0 Å². The zero-order valence-electron chi connectivity index (χ0n) is 23.4. The first kappa shape index (κ1) is 29.0. The van der Waals surface area contributed by atoms with Gasteiger partial charge in [-0.2, -0.15) is 0 Å². The smallest absolute Gasteiger partial charge is 0.244 e. The van der Waals surface area contributed by atoms with Gasteiger partial charge in [0.25, 0.3) is 0 Å². The minimum atomic E-state index is -1.31. The van der Waals surface area contributed by atoms with Crippen molar-refractivity contribution in [3.8, 4) is 0 Å². The van der Waals surface area contributed by atoms with Crippen LogP contribution < -0.4 is 10.6 Å². The molecule has 5 aliphatic heterocycles. The third-order valence-corrected chi connectivity index (χ3v) is 9.14. The number of aliphatic hydroxyl groups excluding tert-OH is 2. The number of H-pyrrole nitrogens is 1. The van der Waals surface area contributed by atoms with Gasteiger partial charge in [0, 0.05) is 63.7 Å². The van der Waals surface area contributed by atoms with E-state index < -0.39 is 42.4 Å². The van der Waals surface area contributed by atoms with E-state index in [1.54, 1.807) is 22.2 Å². The third-order valence-electron chi connectivity index (χ3n) is 9.14. The molecule has 6 heterocycles. The number of rotatable bonds is 3. The topological polar surface area (TPSA) is 190 Å². The van der Waals surface area contributed by atoms with E-state index in [9.17, 15) is 29.4 Å². The van der Waals surface area contributed by atoms with Crippen LogP contribution in [0.2, 0.25) is 0 Å². The number of piperazine rings is 1. The molecular formula is C27H39N7O8. The molecule has 7 atom stereocenters. The summed E-state index contributed by atoms with van der Waals surface area (Å²) in [7, 11) is 0. The molecule has 15 heteroatoms. The summed E-state index contributed by atoms with van der Waals surface area (Å²) in [5.41, 5.74) is 0. The molecule has 0 unspecified atom stereocenters. The number of ether oxygens (including phenoxy) is 2. The maximum absolute atomic E-state index is 14.0. The fourth-order valence-electron chi connectivity index (χ4n) is 6.83. The molecule has 5 fully saturated rings. The summed E-state index contributed by atoms with van der Waals surface area (Å²) in [4.78, 5) is 66.7. The Labute approximate surface area is 242 Å². The standard InChI is InChI=1S/C27H39N7O8/c35-22-10-19-23(36)24(37)20(42-19)11-30-25(38)18-13-32(5-6-34(18)26(39)15-1-7-41-8-2-15)27(40)17-9-16(31-22)12-33(17)14-21-28-3-4-29-21/h3-4,15-20,23-24,36-37H,1-2,5-14H2,(H,28,29)(H,30,38)(H,31,35)/t16-,17-,18-,19-,20+,23-,24+/m0/s1. The van der Waals surface area contributed by atoms with E-state index in [0.29, 0.717) is 51.4 Å². The Morgan fingerprint density at radius 2 is 1.83 bits per heavy atom. The second-order valence-electron chi connectivity index (χ2n) is 11.8. The van der Waals surface area contributed by atoms with Crippen LogP contribution in [0.1, 0.15) is 31.5 Å². The highest BCUT2D eigenvalue weighted by Crippen LogP contribution is 2.27. The van der Waals surface area contributed by atoms with Crippen LogP contribution in [-0.2, 0) is 35.2 Å². The van der Waals surface area contributed by atoms with Crippen molar-refractivity contribution in [1.82, 2.24) is 35.3 Å². The molecule has 0 spiro atoms. The van der Waals surface area contributed by atoms with Gasteiger partial charge in [0.2, 0.25) is 23.6 Å². The first-order valence-corrected chi connectivity index (χ1v) is 14.8. The molecule has 0 aromatic carbocycles. The van der Waals surface area contributed by atoms with Crippen molar-refractivity contribution in [3.05, 3.63) is 18.2 Å². The first-order valence-electron chi connectivity index (χ1n) is 14.8. The number of hydrogen-bond donors (Lipinski definition) is 5. The van der Waals surface area contributed by atoms with Gasteiger partial charge in [0.05, 0.1) is 31.7 Å². The molecular weight excluding hydrogens is 550 g/mol. The number of amides is 4. The van der Waals surface area contributed by atoms with Crippen LogP contribution in [-0.4, -0.2) is 147 Å². The molecule has 1 aromatic heterocycles. The van der Waals surface area contributed by atoms with Gasteiger partial charge in [-0.25, -0.2) is 4.98 Å². The molecule has 0 radical (unpaired) electrons. The lowest BCUT2D eigenvalue weighted by Crippen LogP contribution is -2.64. The third kappa shape index (κ3) is 5.88. The number of nitrogens with zero attached hydrogens (tertiary/aromatic N) is 4. The predicted octanol–water partition coefficient (Wildman–Crippen LogP) is -3.06. The fraction of sp³-hybridized carbons (Fsp3) is 0.741. The van der Waals surface area contributed by atoms with Gasteiger partial charge in [-0.3, -0.25) is 24.1 Å². The number of aromatic nitrogens is 2. The van der Waals surface area contributed by atoms with Crippen LogP contribution in [0.4, 0.5) is 0 Å². The zero-order valence-corrected chi connectivity index (χ0v) is 23.4. The number of likely N-dealkylation sites (tertiary alicyclic amines) is 1. The average Bonchev–Trinajstić information content (AvgIpc) is 3.72. The van der Waals surface area contributed by atoms with Crippen molar-refractivity contribution < 1.29 is 38.9 Å². The number of fused-ring (bicyclic) bond motifs is 6. The van der Waals surface area contributed by atoms with E-state index in [-0.39, 0.29) is 62.3 Å². The SMILES string of the molecule is O=C1C[C@@H]2O[C@H](CNC(=O)[C@@H]3CN(CCN3C(=O)C3CCOCC3)C(=O)[C@@H]3C[C@@H](CN3Cc3ncc[nH]3)N1)[C@@H](O)[C@H]2O. The number of nitrogens with one attached hydrogen (secondary N) is 3. The molecule has 6 bridgehead atoms. The van der Waals surface area contributed by atoms with E-state index >= 15 is 0 Å². The van der Waals surface area contributed by atoms with Gasteiger partial charge in [-0.1, -0.05) is 0 Å². The second-order valence-corrected chi connectivity index (χ2v) is 11.8. The summed E-state index contributed by atoms with van der Waals surface area (Å²) >= 11 is 0. The molecule has 5 aliphatic rings. The number of hydrogen-bond acceptors (Lipinski definition) is 10. The van der Waals surface area contributed by atoms with Gasteiger partial charge in [-0.15, -0.1) is 0 Å². The van der Waals surface area contributed by atoms with E-state index in [1.165, 1.54) is 0 Å². The normalized spacial score (nSPS) is 35.3. The number of aromatic amines is 1. The molecule has 230 valence electrons. The Balaban J connectivity index is 1.27. The van der Waals surface area contributed by atoms with Gasteiger partial charge >= 0.3 is 0 Å². The molecule has 4 amide bonds. The van der Waals surface area contributed by atoms with Crippen LogP contribution in [0.15, 0.2) is 12.4 Å². The Morgan fingerprint density at radius 3 is 2.60 bits per heavy atom. The molecule has 0 aliphatic carbocycles. The summed E-state index contributed by atoms with van der Waals surface area (Å²) in [6.07, 6.45) is 0.155. The summed E-state index contributed by atoms with van der Waals surface area (Å²) in [6, 6.07) is -1.85. The van der Waals surface area contributed by atoms with Crippen LogP contribution in [0.5, 0.6) is 0 Å². The van der Waals surface area contributed by atoms with Gasteiger partial charge in [-0.05, 0) is 19.3 Å². The van der Waals surface area contributed by atoms with Gasteiger partial charge in [0.1, 0.15) is 30.2 Å². The molecule has 0 saturated carbocycles. The largest absolute Gasteiger partial charge is 0.388 e. The fourth-order valence-corrected chi connectivity index (χ4v) is 6.83. The van der Waals surface area contributed by atoms with Crippen molar-refractivity contribution in [3.63, 3.8) is 0 Å². The van der Waals surface area contributed by atoms with Crippen molar-refractivity contribution in [2.75, 3.05) is 45.9 Å². The zero-order chi connectivity index (χ0) is 29.4. The quantitative estimate of drug-likeness (QED) is 0.242. The Morgan fingerprint density at radius 1 is 1.05 bits per heavy atom. The van der Waals surface area contributed by atoms with E-state index in [0.717, 1.165) is 0 Å². The Bertz CT molecular complexity index is 1160. The minimum Gasteiger partial charge on any atom is -0.388 e. The maximum atomic E-state index is 14.0. The highest BCUT2D eigenvalue weighted by Gasteiger charge is 2.47. The first-order chi connectivity index (χ1) is 20.3. The molecule has 6 rings (SSSR count). The van der Waals surface area contributed by atoms with Crippen LogP contribution >= 0.6 is 0 Å². The molecule has 15 nitrogen and oxygen atoms in total. The monoisotopic (exact) mass is 589 g/mol. The van der Waals surface area contributed by atoms with Crippen molar-refractivity contribution in [2.24, 2.45) is 5.92 Å². The van der Waals surface area contributed by atoms with Crippen molar-refractivity contribution in [2.45, 2.75) is 74.8 Å². The van der Waals surface area contributed by atoms with Gasteiger partial charge < -0.3 is 45.1 Å². The van der Waals surface area contributed by atoms with Crippen LogP contribution in [0, 0.1) is 5.92 Å². The predicted molar refractivity (Wildman–Crippen MR) is 143 cm³/mol. The number of aliphatic hydroxyl groups is 2. The molecule has 5 saturated heterocycles. The van der Waals surface area contributed by atoms with Crippen molar-refractivity contribution >= 4 is 23.6 Å². The van der Waals surface area contributed by atoms with E-state index in [2.05, 4.69) is 20.6 Å². The van der Waals surface area contributed by atoms with Gasteiger partial charge in [0.15, 0.2) is 0 Å². The lowest BCUT2D eigenvalue weighted by molar-refractivity contribution is -0.154. The summed E-state index contributed by atoms with van der Waals surface area (Å²) < 4.78 is 11.2. The van der Waals surface area contributed by atoms with Crippen LogP contribution in [0.3, 0.4) is 0 Å². The highest BCUT2D eigenvalue weighted by molar-refractivity contribution is 5.91. The molecule has 5 N–H and O–H groups in total. The number of carbonyl (C=O) groups excluding carboxylic acids is 4. The van der Waals surface area contributed by atoms with E-state index in [1.807, 2.05) is 4.90 Å². The average molecular weight is 590 g/mol. The highest BCUT2D eigenvalue weighted by atomic mass is 16.5. The number of imidazole rings is 1. The Kier molecular flexibility index (Phi) is 8.45. The lowest BCUT2D eigenvalue weighted by Gasteiger charge is -2.43. The molecule has 42 heavy (non-hydrogen) atoms. The minimum absolute atomic E-state index is 0.0150. The number of carbonyl (C=O) groups is 4. The second kappa shape index (κ2) is 12.2. The summed E-state index contributed by atoms with van der Waals surface area (Å²) in [5, 5.41) is 26.9. The summed E-state index contributed by atoms with van der Waals surface area (Å²) in [5.74, 6) is -0.709. The summed E-state index contributed by atoms with van der Waals surface area (Å²) in [6.45, 7) is 2.09. The maximum Gasteiger partial charge on any atom is 0.244 e. The van der Waals surface area contributed by atoms with E-state index in [4.69, 9.17) is 9.47 Å².